The largest absolute Gasteiger partial charge is 0.481 e. The number of imidazole rings is 1. The summed E-state index contributed by atoms with van der Waals surface area (Å²) >= 11 is 0. The second-order valence-electron chi connectivity index (χ2n) is 13.8. The molecule has 0 aliphatic carbocycles. The number of carbonyl (C=O) groups is 4. The highest BCUT2D eigenvalue weighted by Gasteiger charge is 2.31. The first-order valence-corrected chi connectivity index (χ1v) is 20.1. The van der Waals surface area contributed by atoms with Gasteiger partial charge in [0.25, 0.3) is 11.8 Å². The van der Waals surface area contributed by atoms with Crippen LogP contribution in [-0.2, 0) is 22.7 Å². The molecule has 6 rings (SSSR count). The molecule has 3 amide bonds. The van der Waals surface area contributed by atoms with Crippen LogP contribution >= 0.6 is 10.9 Å². The molecule has 0 saturated carbocycles. The van der Waals surface area contributed by atoms with E-state index in [0.29, 0.717) is 65.5 Å². The predicted molar refractivity (Wildman–Crippen MR) is 220 cm³/mol. The minimum atomic E-state index is -3.92. The average molecular weight is 812 g/mol. The number of nitrogens with one attached hydrogen (secondary N) is 4. The Balaban J connectivity index is 0.963. The second kappa shape index (κ2) is 18.7. The summed E-state index contributed by atoms with van der Waals surface area (Å²) < 4.78 is 28.8. The number of aromatic amines is 1. The highest BCUT2D eigenvalue weighted by Crippen LogP contribution is 2.44. The number of para-hydroxylation sites is 2. The van der Waals surface area contributed by atoms with Crippen LogP contribution in [0, 0.1) is 0 Å². The van der Waals surface area contributed by atoms with Crippen LogP contribution < -0.4 is 16.1 Å². The number of aromatic nitrogens is 3. The fourth-order valence-electron chi connectivity index (χ4n) is 6.54. The average Bonchev–Trinajstić information content (AvgIpc) is 3.56. The first kappa shape index (κ1) is 41.3. The van der Waals surface area contributed by atoms with Gasteiger partial charge >= 0.3 is 5.97 Å². The molecule has 17 nitrogen and oxygen atoms in total. The van der Waals surface area contributed by atoms with Gasteiger partial charge in [0.15, 0.2) is 0 Å². The maximum Gasteiger partial charge on any atom is 0.305 e. The molecule has 58 heavy (non-hydrogen) atoms. The number of pyridine rings is 1. The number of carboxylic acids is 1. The van der Waals surface area contributed by atoms with Crippen LogP contribution in [0.4, 0.5) is 11.5 Å². The Morgan fingerprint density at radius 3 is 2.50 bits per heavy atom. The molecule has 1 aliphatic heterocycles. The first-order chi connectivity index (χ1) is 27.9. The van der Waals surface area contributed by atoms with Crippen molar-refractivity contribution in [1.29, 1.82) is 0 Å². The molecule has 1 aliphatic rings. The topological polar surface area (TPSA) is 246 Å². The molecular weight excluding hydrogens is 767 g/mol. The molecule has 0 saturated heterocycles. The summed E-state index contributed by atoms with van der Waals surface area (Å²) in [6.45, 7) is 1.29. The Hall–Kier alpha value is -6.34. The molecule has 0 spiro atoms. The molecule has 0 unspecified atom stereocenters. The number of benzene rings is 3. The van der Waals surface area contributed by atoms with Gasteiger partial charge < -0.3 is 44.2 Å². The molecule has 0 radical (unpaired) electrons. The van der Waals surface area contributed by atoms with E-state index in [9.17, 15) is 37.9 Å². The van der Waals surface area contributed by atoms with E-state index in [4.69, 9.17) is 0 Å². The number of amides is 3. The molecule has 304 valence electrons. The van der Waals surface area contributed by atoms with Gasteiger partial charge in [0.05, 0.1) is 40.7 Å². The molecule has 0 bridgehead atoms. The van der Waals surface area contributed by atoms with Gasteiger partial charge in [-0.15, -0.1) is 0 Å². The van der Waals surface area contributed by atoms with E-state index in [1.807, 2.05) is 24.3 Å². The molecule has 2 aromatic heterocycles. The van der Waals surface area contributed by atoms with Crippen molar-refractivity contribution >= 4 is 63.3 Å². The lowest BCUT2D eigenvalue weighted by atomic mass is 10.1. The lowest BCUT2D eigenvalue weighted by Crippen LogP contribution is -2.42. The number of carbonyl (C=O) groups excluding carboxylic acids is 3. The van der Waals surface area contributed by atoms with Gasteiger partial charge in [-0.25, -0.2) is 9.97 Å². The van der Waals surface area contributed by atoms with E-state index < -0.39 is 29.3 Å². The third kappa shape index (κ3) is 10.7. The van der Waals surface area contributed by atoms with Crippen LogP contribution in [0.5, 0.6) is 0 Å². The minimum absolute atomic E-state index is 0.0622. The van der Waals surface area contributed by atoms with Crippen LogP contribution in [0.3, 0.4) is 0 Å². The van der Waals surface area contributed by atoms with E-state index in [1.165, 1.54) is 18.5 Å². The molecular formula is C40H45N9O8S. The quantitative estimate of drug-likeness (QED) is 0.0313. The van der Waals surface area contributed by atoms with Crippen molar-refractivity contribution in [3.63, 3.8) is 0 Å². The van der Waals surface area contributed by atoms with Crippen LogP contribution in [0.2, 0.25) is 0 Å². The molecule has 0 fully saturated rings. The standard InChI is InChI=1S/C40H45N9O8S/c1-48(25-36-45-31-11-5-6-12-32(31)46-36)39(53)26-14-16-30-29(20-26)24-49(40(54)33(44-30)21-37(50)51)19-9-3-2-8-18-41-38(52)28-15-17-35(42-22-28)47-43-23-27-10-4-7-13-34(27)58(55,56)57/h4-7,10-17,20,22-23,33,44,55-57H,2-3,8-9,18-19,21,24-25H2,1H3,(H,41,52)(H,42,47)(H,45,46)(H,50,51)/b43-23+/t33-/m0/s1. The van der Waals surface area contributed by atoms with Gasteiger partial charge in [-0.3, -0.25) is 24.6 Å². The van der Waals surface area contributed by atoms with Crippen molar-refractivity contribution in [1.82, 2.24) is 30.1 Å². The van der Waals surface area contributed by atoms with E-state index in [-0.39, 0.29) is 35.7 Å². The van der Waals surface area contributed by atoms with Crippen LogP contribution in [-0.4, -0.2) is 99.6 Å². The van der Waals surface area contributed by atoms with E-state index in [0.717, 1.165) is 23.9 Å². The van der Waals surface area contributed by atoms with Crippen molar-refractivity contribution in [3.8, 4) is 0 Å². The summed E-state index contributed by atoms with van der Waals surface area (Å²) in [5.74, 6) is -0.953. The van der Waals surface area contributed by atoms with Gasteiger partial charge in [-0.05, 0) is 66.9 Å². The third-order valence-electron chi connectivity index (χ3n) is 9.47. The summed E-state index contributed by atoms with van der Waals surface area (Å²) in [6, 6.07) is 21.1. The monoisotopic (exact) mass is 811 g/mol. The second-order valence-corrected chi connectivity index (χ2v) is 15.3. The van der Waals surface area contributed by atoms with E-state index in [1.54, 1.807) is 65.4 Å². The fourth-order valence-corrected chi connectivity index (χ4v) is 7.23. The number of H-pyrrole nitrogens is 1. The number of nitrogens with zero attached hydrogens (tertiary/aromatic N) is 5. The third-order valence-corrected chi connectivity index (χ3v) is 10.4. The number of unbranched alkanes of at least 4 members (excludes halogenated alkanes) is 3. The van der Waals surface area contributed by atoms with Crippen molar-refractivity contribution in [2.24, 2.45) is 5.10 Å². The number of rotatable bonds is 17. The normalized spacial score (nSPS) is 14.4. The molecule has 8 N–H and O–H groups in total. The van der Waals surface area contributed by atoms with Gasteiger partial charge in [0.1, 0.15) is 28.6 Å². The summed E-state index contributed by atoms with van der Waals surface area (Å²) in [6.07, 6.45) is 5.21. The fraction of sp³-hybridized carbons (Fsp3) is 0.275. The number of hydrazone groups is 1. The Labute approximate surface area is 335 Å². The number of carboxylic acid groups (broad SMARTS) is 1. The zero-order valence-corrected chi connectivity index (χ0v) is 32.5. The van der Waals surface area contributed by atoms with Crippen molar-refractivity contribution in [3.05, 3.63) is 113 Å². The highest BCUT2D eigenvalue weighted by molar-refractivity contribution is 8.19. The number of hydrogen-bond donors (Lipinski definition) is 8. The Bertz CT molecular complexity index is 2260. The number of hydrogen-bond acceptors (Lipinski definition) is 12. The molecule has 5 aromatic rings. The Kier molecular flexibility index (Phi) is 13.3. The van der Waals surface area contributed by atoms with Crippen LogP contribution in [0.1, 0.15) is 69.8 Å². The van der Waals surface area contributed by atoms with E-state index in [2.05, 4.69) is 36.1 Å². The van der Waals surface area contributed by atoms with E-state index >= 15 is 0 Å². The summed E-state index contributed by atoms with van der Waals surface area (Å²) in [5.41, 5.74) is 6.80. The van der Waals surface area contributed by atoms with Crippen molar-refractivity contribution in [2.75, 3.05) is 30.9 Å². The summed E-state index contributed by atoms with van der Waals surface area (Å²) in [4.78, 5) is 66.5. The maximum atomic E-state index is 13.5. The molecule has 3 heterocycles. The molecule has 18 heteroatoms. The Morgan fingerprint density at radius 1 is 0.983 bits per heavy atom. The van der Waals surface area contributed by atoms with Gasteiger partial charge in [-0.1, -0.05) is 43.2 Å². The summed E-state index contributed by atoms with van der Waals surface area (Å²) in [7, 11) is -2.22. The SMILES string of the molecule is CN(Cc1nc2ccccc2[nH]1)C(=O)c1ccc2c(c1)CN(CCCCCCNC(=O)c1ccc(N/N=C/c3ccccc3S(O)(O)O)nc1)C(=O)[C@H](CC(=O)O)N2. The smallest absolute Gasteiger partial charge is 0.305 e. The molecule has 1 atom stereocenters. The molecule has 3 aromatic carbocycles. The number of fused-ring (bicyclic) bond motifs is 2. The highest BCUT2D eigenvalue weighted by atomic mass is 32.3. The van der Waals surface area contributed by atoms with Gasteiger partial charge in [0.2, 0.25) is 5.91 Å². The van der Waals surface area contributed by atoms with Gasteiger partial charge in [0, 0.05) is 49.7 Å². The Morgan fingerprint density at radius 2 is 1.74 bits per heavy atom. The van der Waals surface area contributed by atoms with Crippen LogP contribution in [0.15, 0.2) is 95.1 Å². The maximum absolute atomic E-state index is 13.5. The number of aliphatic carboxylic acids is 1. The lowest BCUT2D eigenvalue weighted by molar-refractivity contribution is -0.141. The summed E-state index contributed by atoms with van der Waals surface area (Å²) in [5, 5.41) is 19.5. The lowest BCUT2D eigenvalue weighted by Gasteiger charge is -2.24. The zero-order chi connectivity index (χ0) is 41.2. The van der Waals surface area contributed by atoms with Crippen molar-refractivity contribution in [2.45, 2.75) is 56.1 Å². The minimum Gasteiger partial charge on any atom is -0.481 e. The zero-order valence-electron chi connectivity index (χ0n) is 31.7. The van der Waals surface area contributed by atoms with Gasteiger partial charge in [-0.2, -0.15) is 5.10 Å². The first-order valence-electron chi connectivity index (χ1n) is 18.6. The van der Waals surface area contributed by atoms with Crippen molar-refractivity contribution < 1.29 is 37.9 Å². The number of anilines is 2. The predicted octanol–water partition coefficient (Wildman–Crippen LogP) is 5.85. The van der Waals surface area contributed by atoms with Crippen LogP contribution in [0.25, 0.3) is 11.0 Å².